The predicted octanol–water partition coefficient (Wildman–Crippen LogP) is 4.27. The van der Waals surface area contributed by atoms with E-state index in [1.807, 2.05) is 72.3 Å². The minimum absolute atomic E-state index is 0.132. The van der Waals surface area contributed by atoms with Crippen LogP contribution in [0.3, 0.4) is 0 Å². The second-order valence-corrected chi connectivity index (χ2v) is 7.37. The maximum Gasteiger partial charge on any atom is 0.246 e. The Morgan fingerprint density at radius 1 is 1.11 bits per heavy atom. The van der Waals surface area contributed by atoms with Gasteiger partial charge in [-0.05, 0) is 30.2 Å². The highest BCUT2D eigenvalue weighted by molar-refractivity contribution is 7.15. The van der Waals surface area contributed by atoms with E-state index in [2.05, 4.69) is 15.5 Å². The number of nitrogens with one attached hydrogen (secondary N) is 1. The van der Waals surface area contributed by atoms with Crippen molar-refractivity contribution in [1.29, 1.82) is 0 Å². The number of benzene rings is 2. The number of rotatable bonds is 7. The number of anilines is 1. The lowest BCUT2D eigenvalue weighted by atomic mass is 10.2. The molecule has 2 heterocycles. The zero-order valence-electron chi connectivity index (χ0n) is 15.5. The van der Waals surface area contributed by atoms with Gasteiger partial charge in [0.05, 0.1) is 5.52 Å². The highest BCUT2D eigenvalue weighted by Gasteiger charge is 2.12. The first-order valence-corrected chi connectivity index (χ1v) is 9.91. The van der Waals surface area contributed by atoms with Crippen molar-refractivity contribution in [3.8, 4) is 5.75 Å². The van der Waals surface area contributed by atoms with Crippen LogP contribution in [0.15, 0.2) is 60.8 Å². The minimum Gasteiger partial charge on any atom is -0.488 e. The molecule has 0 saturated carbocycles. The van der Waals surface area contributed by atoms with Gasteiger partial charge in [0.25, 0.3) is 0 Å². The number of aryl methyl sites for hydroxylation is 1. The van der Waals surface area contributed by atoms with Gasteiger partial charge in [-0.2, -0.15) is 0 Å². The van der Waals surface area contributed by atoms with E-state index in [9.17, 15) is 4.79 Å². The van der Waals surface area contributed by atoms with E-state index in [-0.39, 0.29) is 12.5 Å². The molecule has 2 aromatic carbocycles. The van der Waals surface area contributed by atoms with Crippen LogP contribution in [0.1, 0.15) is 17.5 Å². The maximum absolute atomic E-state index is 12.4. The fraction of sp³-hybridized carbons (Fsp3) is 0.190. The number of aromatic nitrogens is 3. The largest absolute Gasteiger partial charge is 0.488 e. The van der Waals surface area contributed by atoms with Gasteiger partial charge in [-0.1, -0.05) is 54.7 Å². The molecule has 0 fully saturated rings. The van der Waals surface area contributed by atoms with Crippen molar-refractivity contribution >= 4 is 33.3 Å². The predicted molar refractivity (Wildman–Crippen MR) is 111 cm³/mol. The Labute approximate surface area is 166 Å². The molecule has 0 bridgehead atoms. The zero-order chi connectivity index (χ0) is 19.3. The summed E-state index contributed by atoms with van der Waals surface area (Å²) in [6.45, 7) is 2.71. The zero-order valence-corrected chi connectivity index (χ0v) is 16.3. The van der Waals surface area contributed by atoms with Crippen molar-refractivity contribution in [2.75, 3.05) is 5.32 Å². The molecule has 0 aliphatic rings. The van der Waals surface area contributed by atoms with Gasteiger partial charge in [-0.3, -0.25) is 10.1 Å². The third-order valence-electron chi connectivity index (χ3n) is 4.34. The van der Waals surface area contributed by atoms with Crippen molar-refractivity contribution in [3.63, 3.8) is 0 Å². The number of ether oxygens (including phenoxy) is 1. The molecule has 6 nitrogen and oxygen atoms in total. The van der Waals surface area contributed by atoms with E-state index in [1.165, 1.54) is 11.3 Å². The van der Waals surface area contributed by atoms with Crippen LogP contribution in [0.5, 0.6) is 5.75 Å². The Morgan fingerprint density at radius 3 is 2.75 bits per heavy atom. The van der Waals surface area contributed by atoms with Crippen molar-refractivity contribution in [1.82, 2.24) is 14.8 Å². The van der Waals surface area contributed by atoms with Gasteiger partial charge < -0.3 is 9.30 Å². The standard InChI is InChI=1S/C21H20N4O2S/c1-2-20-23-24-21(28-20)22-19(26)13-25-12-11-16-17(25)9-6-10-18(16)27-14-15-7-4-3-5-8-15/h3-12H,2,13-14H2,1H3,(H,22,24,26). The normalized spacial score (nSPS) is 10.9. The number of amides is 1. The summed E-state index contributed by atoms with van der Waals surface area (Å²) in [6.07, 6.45) is 2.71. The number of carbonyl (C=O) groups is 1. The Kier molecular flexibility index (Phi) is 5.34. The van der Waals surface area contributed by atoms with Gasteiger partial charge in [-0.25, -0.2) is 0 Å². The second-order valence-electron chi connectivity index (χ2n) is 6.31. The first-order chi connectivity index (χ1) is 13.7. The summed E-state index contributed by atoms with van der Waals surface area (Å²) >= 11 is 1.40. The van der Waals surface area contributed by atoms with Gasteiger partial charge in [-0.15, -0.1) is 10.2 Å². The van der Waals surface area contributed by atoms with Gasteiger partial charge in [0.15, 0.2) is 0 Å². The van der Waals surface area contributed by atoms with Crippen molar-refractivity contribution in [3.05, 3.63) is 71.4 Å². The van der Waals surface area contributed by atoms with Gasteiger partial charge in [0.2, 0.25) is 11.0 Å². The lowest BCUT2D eigenvalue weighted by molar-refractivity contribution is -0.116. The van der Waals surface area contributed by atoms with Gasteiger partial charge >= 0.3 is 0 Å². The highest BCUT2D eigenvalue weighted by Crippen LogP contribution is 2.27. The van der Waals surface area contributed by atoms with E-state index >= 15 is 0 Å². The molecular weight excluding hydrogens is 372 g/mol. The van der Waals surface area contributed by atoms with E-state index in [0.717, 1.165) is 33.6 Å². The topological polar surface area (TPSA) is 69.0 Å². The fourth-order valence-corrected chi connectivity index (χ4v) is 3.65. The van der Waals surface area contributed by atoms with Crippen LogP contribution in [0, 0.1) is 0 Å². The third kappa shape index (κ3) is 4.04. The average molecular weight is 392 g/mol. The molecule has 0 atom stereocenters. The van der Waals surface area contributed by atoms with Crippen molar-refractivity contribution in [2.24, 2.45) is 0 Å². The molecule has 0 radical (unpaired) electrons. The van der Waals surface area contributed by atoms with Crippen LogP contribution < -0.4 is 10.1 Å². The van der Waals surface area contributed by atoms with E-state index in [4.69, 9.17) is 4.74 Å². The summed E-state index contributed by atoms with van der Waals surface area (Å²) < 4.78 is 7.91. The summed E-state index contributed by atoms with van der Waals surface area (Å²) in [6, 6.07) is 17.9. The molecule has 0 aliphatic carbocycles. The molecule has 28 heavy (non-hydrogen) atoms. The molecule has 4 aromatic rings. The number of hydrogen-bond acceptors (Lipinski definition) is 5. The Hall–Kier alpha value is -3.19. The Bertz CT molecular complexity index is 1090. The average Bonchev–Trinajstić information content (AvgIpc) is 3.34. The lowest BCUT2D eigenvalue weighted by Gasteiger charge is -2.09. The first kappa shape index (κ1) is 18.2. The molecule has 2 aromatic heterocycles. The molecule has 7 heteroatoms. The lowest BCUT2D eigenvalue weighted by Crippen LogP contribution is -2.18. The molecule has 0 spiro atoms. The third-order valence-corrected chi connectivity index (χ3v) is 5.32. The molecule has 1 N–H and O–H groups in total. The monoisotopic (exact) mass is 392 g/mol. The summed E-state index contributed by atoms with van der Waals surface area (Å²) in [5.74, 6) is 0.670. The summed E-state index contributed by atoms with van der Waals surface area (Å²) in [5.41, 5.74) is 2.06. The molecule has 4 rings (SSSR count). The number of hydrogen-bond donors (Lipinski definition) is 1. The minimum atomic E-state index is -0.132. The van der Waals surface area contributed by atoms with E-state index < -0.39 is 0 Å². The van der Waals surface area contributed by atoms with Crippen LogP contribution in [-0.2, 0) is 24.4 Å². The van der Waals surface area contributed by atoms with Gasteiger partial charge in [0, 0.05) is 11.6 Å². The first-order valence-electron chi connectivity index (χ1n) is 9.09. The molecule has 0 aliphatic heterocycles. The smallest absolute Gasteiger partial charge is 0.246 e. The summed E-state index contributed by atoms with van der Waals surface area (Å²) in [7, 11) is 0. The van der Waals surface area contributed by atoms with Crippen LogP contribution in [0.25, 0.3) is 10.9 Å². The molecule has 1 amide bonds. The Balaban J connectivity index is 1.47. The van der Waals surface area contributed by atoms with Crippen molar-refractivity contribution < 1.29 is 9.53 Å². The van der Waals surface area contributed by atoms with Crippen LogP contribution in [0.4, 0.5) is 5.13 Å². The molecular formula is C21H20N4O2S. The summed E-state index contributed by atoms with van der Waals surface area (Å²) in [4.78, 5) is 12.4. The van der Waals surface area contributed by atoms with Crippen molar-refractivity contribution in [2.45, 2.75) is 26.5 Å². The summed E-state index contributed by atoms with van der Waals surface area (Å²) in [5, 5.41) is 13.2. The van der Waals surface area contributed by atoms with E-state index in [0.29, 0.717) is 11.7 Å². The maximum atomic E-state index is 12.4. The molecule has 0 unspecified atom stereocenters. The quantitative estimate of drug-likeness (QED) is 0.510. The molecule has 0 saturated heterocycles. The van der Waals surface area contributed by atoms with Crippen LogP contribution in [-0.4, -0.2) is 20.7 Å². The number of nitrogens with zero attached hydrogens (tertiary/aromatic N) is 3. The fourth-order valence-electron chi connectivity index (χ4n) is 2.95. The second kappa shape index (κ2) is 8.22. The SMILES string of the molecule is CCc1nnc(NC(=O)Cn2ccc3c(OCc4ccccc4)cccc32)s1. The van der Waals surface area contributed by atoms with Gasteiger partial charge in [0.1, 0.15) is 23.9 Å². The highest BCUT2D eigenvalue weighted by atomic mass is 32.1. The Morgan fingerprint density at radius 2 is 1.96 bits per heavy atom. The van der Waals surface area contributed by atoms with E-state index in [1.54, 1.807) is 0 Å². The number of fused-ring (bicyclic) bond motifs is 1. The van der Waals surface area contributed by atoms with Crippen LogP contribution >= 0.6 is 11.3 Å². The van der Waals surface area contributed by atoms with Crippen LogP contribution in [0.2, 0.25) is 0 Å². The number of carbonyl (C=O) groups excluding carboxylic acids is 1. The molecule has 142 valence electrons.